The molecule has 4 rings (SSSR count). The minimum Gasteiger partial charge on any atom is -0.343 e. The van der Waals surface area contributed by atoms with Crippen LogP contribution in [0.25, 0.3) is 10.9 Å². The molecule has 1 fully saturated rings. The lowest BCUT2D eigenvalue weighted by Crippen LogP contribution is -2.32. The fourth-order valence-electron chi connectivity index (χ4n) is 4.37. The van der Waals surface area contributed by atoms with Gasteiger partial charge in [-0.15, -0.1) is 0 Å². The minimum absolute atomic E-state index is 0.744. The first kappa shape index (κ1) is 15.5. The van der Waals surface area contributed by atoms with Gasteiger partial charge in [-0.25, -0.2) is 0 Å². The van der Waals surface area contributed by atoms with Gasteiger partial charge in [0.1, 0.15) is 0 Å². The number of likely N-dealkylation sites (N-methyl/N-ethyl adjacent to an activating group) is 1. The summed E-state index contributed by atoms with van der Waals surface area (Å²) in [7, 11) is 2.21. The number of likely N-dealkylation sites (tertiary alicyclic amines) is 1. The van der Waals surface area contributed by atoms with Gasteiger partial charge >= 0.3 is 0 Å². The van der Waals surface area contributed by atoms with E-state index in [1.807, 2.05) is 6.07 Å². The molecule has 0 N–H and O–H groups in total. The average molecular weight is 332 g/mol. The molecular formula is C19H26ClN3. The molecule has 2 aliphatic heterocycles. The third-order valence-electron chi connectivity index (χ3n) is 5.71. The van der Waals surface area contributed by atoms with E-state index in [4.69, 9.17) is 11.6 Å². The molecule has 2 aliphatic rings. The molecule has 124 valence electrons. The van der Waals surface area contributed by atoms with Gasteiger partial charge in [0.25, 0.3) is 0 Å². The van der Waals surface area contributed by atoms with Crippen molar-refractivity contribution in [2.75, 3.05) is 26.7 Å². The van der Waals surface area contributed by atoms with Crippen LogP contribution in [-0.4, -0.2) is 47.1 Å². The van der Waals surface area contributed by atoms with Crippen molar-refractivity contribution in [1.29, 1.82) is 0 Å². The van der Waals surface area contributed by atoms with Crippen LogP contribution in [0.2, 0.25) is 5.02 Å². The summed E-state index contributed by atoms with van der Waals surface area (Å²) < 4.78 is 2.57. The summed E-state index contributed by atoms with van der Waals surface area (Å²) in [4.78, 5) is 5.05. The number of rotatable bonds is 3. The quantitative estimate of drug-likeness (QED) is 0.848. The third kappa shape index (κ3) is 2.79. The fraction of sp³-hybridized carbons (Fsp3) is 0.579. The zero-order valence-corrected chi connectivity index (χ0v) is 14.9. The van der Waals surface area contributed by atoms with Crippen LogP contribution in [-0.2, 0) is 19.5 Å². The highest BCUT2D eigenvalue weighted by Gasteiger charge is 2.24. The average Bonchev–Trinajstić information content (AvgIpc) is 3.06. The lowest BCUT2D eigenvalue weighted by Gasteiger charge is -2.26. The second kappa shape index (κ2) is 6.12. The van der Waals surface area contributed by atoms with Gasteiger partial charge in [0.2, 0.25) is 0 Å². The van der Waals surface area contributed by atoms with Crippen molar-refractivity contribution in [3.8, 4) is 0 Å². The first-order valence-electron chi connectivity index (χ1n) is 8.85. The van der Waals surface area contributed by atoms with Crippen LogP contribution < -0.4 is 0 Å². The van der Waals surface area contributed by atoms with E-state index in [-0.39, 0.29) is 0 Å². The molecule has 0 radical (unpaired) electrons. The lowest BCUT2D eigenvalue weighted by atomic mass is 10.1. The summed E-state index contributed by atoms with van der Waals surface area (Å²) in [5.74, 6) is 0. The smallest absolute Gasteiger partial charge is 0.0487 e. The molecule has 0 saturated carbocycles. The fourth-order valence-corrected chi connectivity index (χ4v) is 4.54. The molecule has 23 heavy (non-hydrogen) atoms. The number of hydrogen-bond donors (Lipinski definition) is 0. The van der Waals surface area contributed by atoms with Crippen molar-refractivity contribution in [3.63, 3.8) is 0 Å². The minimum atomic E-state index is 0.744. The monoisotopic (exact) mass is 331 g/mol. The Kier molecular flexibility index (Phi) is 4.12. The Morgan fingerprint density at radius 1 is 1.22 bits per heavy atom. The van der Waals surface area contributed by atoms with E-state index in [1.54, 1.807) is 0 Å². The van der Waals surface area contributed by atoms with E-state index in [1.165, 1.54) is 41.5 Å². The first-order chi connectivity index (χ1) is 11.1. The number of benzene rings is 1. The predicted molar refractivity (Wildman–Crippen MR) is 97.3 cm³/mol. The molecule has 2 aromatic rings. The highest BCUT2D eigenvalue weighted by molar-refractivity contribution is 6.31. The van der Waals surface area contributed by atoms with Crippen LogP contribution in [0.3, 0.4) is 0 Å². The Bertz CT molecular complexity index is 721. The maximum Gasteiger partial charge on any atom is 0.0487 e. The standard InChI is InChI=1S/C19H26ClN3/c1-14-4-3-8-22(14)10-11-23-18-6-5-15(20)12-16(18)17-13-21(2)9-7-19(17)23/h5-6,12,14H,3-4,7-11,13H2,1-2H3. The Morgan fingerprint density at radius 3 is 2.87 bits per heavy atom. The van der Waals surface area contributed by atoms with E-state index in [0.29, 0.717) is 0 Å². The summed E-state index contributed by atoms with van der Waals surface area (Å²) in [6.45, 7) is 8.08. The second-order valence-electron chi connectivity index (χ2n) is 7.25. The number of fused-ring (bicyclic) bond motifs is 3. The normalized spacial score (nSPS) is 22.8. The van der Waals surface area contributed by atoms with Gasteiger partial charge < -0.3 is 9.47 Å². The molecule has 1 saturated heterocycles. The van der Waals surface area contributed by atoms with Gasteiger partial charge in [-0.05, 0) is 57.1 Å². The molecule has 1 aromatic heterocycles. The zero-order chi connectivity index (χ0) is 16.0. The maximum atomic E-state index is 6.28. The van der Waals surface area contributed by atoms with Gasteiger partial charge in [-0.2, -0.15) is 0 Å². The molecule has 4 heteroatoms. The van der Waals surface area contributed by atoms with Crippen LogP contribution in [0.15, 0.2) is 18.2 Å². The Balaban J connectivity index is 1.70. The summed E-state index contributed by atoms with van der Waals surface area (Å²) in [6.07, 6.45) is 3.85. The number of nitrogens with zero attached hydrogens (tertiary/aromatic N) is 3. The third-order valence-corrected chi connectivity index (χ3v) is 5.94. The van der Waals surface area contributed by atoms with E-state index < -0.39 is 0 Å². The van der Waals surface area contributed by atoms with Crippen molar-refractivity contribution in [3.05, 3.63) is 34.5 Å². The highest BCUT2D eigenvalue weighted by atomic mass is 35.5. The van der Waals surface area contributed by atoms with Gasteiger partial charge in [-0.1, -0.05) is 11.6 Å². The van der Waals surface area contributed by atoms with Crippen LogP contribution in [0.1, 0.15) is 31.0 Å². The van der Waals surface area contributed by atoms with Crippen LogP contribution >= 0.6 is 11.6 Å². The molecule has 0 bridgehead atoms. The first-order valence-corrected chi connectivity index (χ1v) is 9.23. The van der Waals surface area contributed by atoms with Crippen LogP contribution in [0, 0.1) is 0 Å². The molecular weight excluding hydrogens is 306 g/mol. The van der Waals surface area contributed by atoms with Crippen molar-refractivity contribution in [1.82, 2.24) is 14.4 Å². The predicted octanol–water partition coefficient (Wildman–Crippen LogP) is 3.77. The van der Waals surface area contributed by atoms with Crippen molar-refractivity contribution >= 4 is 22.5 Å². The molecule has 0 amide bonds. The van der Waals surface area contributed by atoms with Gasteiger partial charge in [-0.3, -0.25) is 4.90 Å². The topological polar surface area (TPSA) is 11.4 Å². The van der Waals surface area contributed by atoms with Gasteiger partial charge in [0.05, 0.1) is 0 Å². The van der Waals surface area contributed by atoms with Crippen LogP contribution in [0.4, 0.5) is 0 Å². The lowest BCUT2D eigenvalue weighted by molar-refractivity contribution is 0.255. The summed E-state index contributed by atoms with van der Waals surface area (Å²) in [5.41, 5.74) is 4.39. The SMILES string of the molecule is CC1CCCN1CCn1c2c(c3cc(Cl)ccc31)CN(C)CC2. The van der Waals surface area contributed by atoms with Gasteiger partial charge in [0, 0.05) is 60.3 Å². The Morgan fingerprint density at radius 2 is 2.09 bits per heavy atom. The van der Waals surface area contributed by atoms with Crippen molar-refractivity contribution in [2.24, 2.45) is 0 Å². The largest absolute Gasteiger partial charge is 0.343 e. The number of hydrogen-bond acceptors (Lipinski definition) is 2. The molecule has 3 nitrogen and oxygen atoms in total. The summed E-state index contributed by atoms with van der Waals surface area (Å²) in [6, 6.07) is 7.15. The van der Waals surface area contributed by atoms with Crippen molar-refractivity contribution in [2.45, 2.75) is 45.3 Å². The molecule has 0 aliphatic carbocycles. The molecule has 0 spiro atoms. The molecule has 1 unspecified atom stereocenters. The van der Waals surface area contributed by atoms with E-state index in [2.05, 4.69) is 40.5 Å². The molecule has 3 heterocycles. The van der Waals surface area contributed by atoms with E-state index >= 15 is 0 Å². The molecule has 1 aromatic carbocycles. The number of halogens is 1. The number of aromatic nitrogens is 1. The van der Waals surface area contributed by atoms with Crippen LogP contribution in [0.5, 0.6) is 0 Å². The molecule has 1 atom stereocenters. The Labute approximate surface area is 143 Å². The van der Waals surface area contributed by atoms with E-state index in [0.717, 1.165) is 43.7 Å². The Hall–Kier alpha value is -1.03. The maximum absolute atomic E-state index is 6.28. The summed E-state index contributed by atoms with van der Waals surface area (Å²) in [5, 5.41) is 2.20. The van der Waals surface area contributed by atoms with E-state index in [9.17, 15) is 0 Å². The van der Waals surface area contributed by atoms with Gasteiger partial charge in [0.15, 0.2) is 0 Å². The summed E-state index contributed by atoms with van der Waals surface area (Å²) >= 11 is 6.28. The van der Waals surface area contributed by atoms with Crippen molar-refractivity contribution < 1.29 is 0 Å². The second-order valence-corrected chi connectivity index (χ2v) is 7.69. The highest BCUT2D eigenvalue weighted by Crippen LogP contribution is 2.32. The zero-order valence-electron chi connectivity index (χ0n) is 14.2.